The smallest absolute Gasteiger partial charge is 0.365 e. The summed E-state index contributed by atoms with van der Waals surface area (Å²) in [5.41, 5.74) is -1.99. The van der Waals surface area contributed by atoms with Crippen molar-refractivity contribution in [3.63, 3.8) is 0 Å². The second kappa shape index (κ2) is 9.28. The van der Waals surface area contributed by atoms with Gasteiger partial charge in [0.05, 0.1) is 24.1 Å². The number of rotatable bonds is 5. The Balaban J connectivity index is 2.19. The number of nitrogens with zero attached hydrogens (tertiary/aromatic N) is 5. The van der Waals surface area contributed by atoms with Crippen LogP contribution in [0.5, 0.6) is 0 Å². The summed E-state index contributed by atoms with van der Waals surface area (Å²) < 4.78 is 84.7. The average molecular weight is 524 g/mol. The molecule has 1 fully saturated rings. The molecule has 0 bridgehead atoms. The Morgan fingerprint density at radius 3 is 2.62 bits per heavy atom. The lowest BCUT2D eigenvalue weighted by molar-refractivity contribution is -0.385. The fourth-order valence-electron chi connectivity index (χ4n) is 3.30. The third kappa shape index (κ3) is 4.88. The van der Waals surface area contributed by atoms with Gasteiger partial charge in [-0.3, -0.25) is 10.1 Å². The first-order chi connectivity index (χ1) is 15.8. The highest BCUT2D eigenvalue weighted by Crippen LogP contribution is 2.39. The standard InChI is InChI=1S/C18H14ClF4N5O5S/c1-9-25-15(13(7-24)34(31,32)12-3-2-10(19)6-11(12)20)16(28(29)30)17(26-9)27-4-5-33-14(8-27)18(21,22)23/h2-3,6,13-14H,4-5,8H2,1H3/t13?,14-/m0/s1. The second-order valence-electron chi connectivity index (χ2n) is 7.06. The molecule has 34 heavy (non-hydrogen) atoms. The number of aryl methyl sites for hydroxylation is 1. The van der Waals surface area contributed by atoms with Crippen LogP contribution in [0.2, 0.25) is 5.02 Å². The second-order valence-corrected chi connectivity index (χ2v) is 9.50. The van der Waals surface area contributed by atoms with Gasteiger partial charge in [0.25, 0.3) is 0 Å². The SMILES string of the molecule is Cc1nc(C(C#N)S(=O)(=O)c2ccc(Cl)cc2F)c([N+](=O)[O-])c(N2CCO[C@H](C(F)(F)F)C2)n1. The molecule has 0 spiro atoms. The summed E-state index contributed by atoms with van der Waals surface area (Å²) in [6, 6.07) is 3.89. The average Bonchev–Trinajstić information content (AvgIpc) is 2.72. The lowest BCUT2D eigenvalue weighted by Crippen LogP contribution is -2.49. The molecule has 0 saturated carbocycles. The molecular weight excluding hydrogens is 510 g/mol. The van der Waals surface area contributed by atoms with Gasteiger partial charge in [-0.1, -0.05) is 11.6 Å². The van der Waals surface area contributed by atoms with E-state index < -0.39 is 73.4 Å². The molecule has 1 aliphatic rings. The van der Waals surface area contributed by atoms with Crippen LogP contribution in [0.1, 0.15) is 16.8 Å². The van der Waals surface area contributed by atoms with Crippen LogP contribution in [0.25, 0.3) is 0 Å². The van der Waals surface area contributed by atoms with Crippen molar-refractivity contribution in [2.24, 2.45) is 0 Å². The highest BCUT2D eigenvalue weighted by atomic mass is 35.5. The molecule has 16 heteroatoms. The zero-order valence-corrected chi connectivity index (χ0v) is 18.7. The van der Waals surface area contributed by atoms with Crippen LogP contribution in [-0.4, -0.2) is 55.3 Å². The summed E-state index contributed by atoms with van der Waals surface area (Å²) in [7, 11) is -4.92. The molecule has 3 rings (SSSR count). The van der Waals surface area contributed by atoms with Gasteiger partial charge in [-0.05, 0) is 25.1 Å². The van der Waals surface area contributed by atoms with Crippen LogP contribution >= 0.6 is 11.6 Å². The Hall–Kier alpha value is -3.09. The van der Waals surface area contributed by atoms with Crippen LogP contribution < -0.4 is 4.90 Å². The van der Waals surface area contributed by atoms with E-state index in [-0.39, 0.29) is 17.4 Å². The van der Waals surface area contributed by atoms with Crippen LogP contribution in [-0.2, 0) is 14.6 Å². The minimum Gasteiger partial charge on any atom is -0.365 e. The number of aromatic nitrogens is 2. The molecule has 2 aromatic rings. The molecule has 2 heterocycles. The fraction of sp³-hybridized carbons (Fsp3) is 0.389. The number of morpholine rings is 1. The number of anilines is 1. The van der Waals surface area contributed by atoms with E-state index in [0.29, 0.717) is 6.07 Å². The van der Waals surface area contributed by atoms with Gasteiger partial charge in [0.1, 0.15) is 16.5 Å². The van der Waals surface area contributed by atoms with E-state index in [1.165, 1.54) is 13.0 Å². The minimum absolute atomic E-state index is 0.136. The predicted molar refractivity (Wildman–Crippen MR) is 108 cm³/mol. The van der Waals surface area contributed by atoms with Gasteiger partial charge < -0.3 is 9.64 Å². The Labute approximate surface area is 194 Å². The molecule has 1 aromatic heterocycles. The van der Waals surface area contributed by atoms with Gasteiger partial charge >= 0.3 is 11.9 Å². The number of nitro groups is 1. The van der Waals surface area contributed by atoms with Crippen molar-refractivity contribution in [1.29, 1.82) is 5.26 Å². The molecule has 1 aromatic carbocycles. The van der Waals surface area contributed by atoms with Gasteiger partial charge in [0, 0.05) is 11.6 Å². The molecule has 0 radical (unpaired) electrons. The fourth-order valence-corrected chi connectivity index (χ4v) is 4.90. The van der Waals surface area contributed by atoms with Gasteiger partial charge in [0.2, 0.25) is 20.9 Å². The van der Waals surface area contributed by atoms with E-state index in [1.807, 2.05) is 0 Å². The van der Waals surface area contributed by atoms with Crippen LogP contribution in [0, 0.1) is 34.2 Å². The Kier molecular flexibility index (Phi) is 6.97. The molecule has 0 aliphatic carbocycles. The zero-order chi connectivity index (χ0) is 25.4. The maximum absolute atomic E-state index is 14.4. The van der Waals surface area contributed by atoms with Gasteiger partial charge in [0.15, 0.2) is 11.8 Å². The number of sulfone groups is 1. The minimum atomic E-state index is -4.92. The van der Waals surface area contributed by atoms with Crippen LogP contribution in [0.3, 0.4) is 0 Å². The monoisotopic (exact) mass is 523 g/mol. The maximum atomic E-state index is 14.4. The molecular formula is C18H14ClF4N5O5S. The van der Waals surface area contributed by atoms with E-state index >= 15 is 0 Å². The highest BCUT2D eigenvalue weighted by molar-refractivity contribution is 7.92. The van der Waals surface area contributed by atoms with Crippen molar-refractivity contribution in [1.82, 2.24) is 9.97 Å². The van der Waals surface area contributed by atoms with Crippen molar-refractivity contribution >= 4 is 32.9 Å². The van der Waals surface area contributed by atoms with E-state index in [4.69, 9.17) is 11.6 Å². The molecule has 0 amide bonds. The van der Waals surface area contributed by atoms with E-state index in [0.717, 1.165) is 17.0 Å². The van der Waals surface area contributed by atoms with E-state index in [1.54, 1.807) is 0 Å². The zero-order valence-electron chi connectivity index (χ0n) is 17.1. The van der Waals surface area contributed by atoms with Crippen molar-refractivity contribution in [2.75, 3.05) is 24.6 Å². The lowest BCUT2D eigenvalue weighted by Gasteiger charge is -2.34. The number of halogens is 5. The molecule has 182 valence electrons. The number of hydrogen-bond donors (Lipinski definition) is 0. The van der Waals surface area contributed by atoms with Crippen molar-refractivity contribution in [3.05, 3.63) is 50.7 Å². The first-order valence-corrected chi connectivity index (χ1v) is 11.2. The summed E-state index contributed by atoms with van der Waals surface area (Å²) in [6.45, 7) is -0.340. The summed E-state index contributed by atoms with van der Waals surface area (Å²) in [4.78, 5) is 18.4. The quantitative estimate of drug-likeness (QED) is 0.328. The number of nitriles is 1. The summed E-state index contributed by atoms with van der Waals surface area (Å²) in [5.74, 6) is -2.17. The predicted octanol–water partition coefficient (Wildman–Crippen LogP) is 3.29. The molecule has 2 atom stereocenters. The van der Waals surface area contributed by atoms with Gasteiger partial charge in [-0.2, -0.15) is 18.4 Å². The molecule has 10 nitrogen and oxygen atoms in total. The van der Waals surface area contributed by atoms with Gasteiger partial charge in [-0.15, -0.1) is 0 Å². The first-order valence-electron chi connectivity index (χ1n) is 9.32. The lowest BCUT2D eigenvalue weighted by atomic mass is 10.2. The van der Waals surface area contributed by atoms with Crippen molar-refractivity contribution in [2.45, 2.75) is 29.3 Å². The normalized spacial score (nSPS) is 17.8. The molecule has 0 N–H and O–H groups in total. The molecule has 1 aliphatic heterocycles. The third-order valence-electron chi connectivity index (χ3n) is 4.79. The van der Waals surface area contributed by atoms with Crippen molar-refractivity contribution in [3.8, 4) is 6.07 Å². The Bertz CT molecular complexity index is 1280. The first kappa shape index (κ1) is 25.5. The largest absolute Gasteiger partial charge is 0.416 e. The van der Waals surface area contributed by atoms with E-state index in [9.17, 15) is 41.4 Å². The molecule has 1 unspecified atom stereocenters. The Morgan fingerprint density at radius 2 is 2.06 bits per heavy atom. The summed E-state index contributed by atoms with van der Waals surface area (Å²) >= 11 is 5.63. The number of alkyl halides is 3. The summed E-state index contributed by atoms with van der Waals surface area (Å²) in [5, 5.41) is 19.0. The Morgan fingerprint density at radius 1 is 1.38 bits per heavy atom. The topological polar surface area (TPSA) is 139 Å². The number of benzene rings is 1. The number of hydrogen-bond acceptors (Lipinski definition) is 9. The highest BCUT2D eigenvalue weighted by Gasteiger charge is 2.46. The summed E-state index contributed by atoms with van der Waals surface area (Å²) in [6.07, 6.45) is -7.05. The maximum Gasteiger partial charge on any atom is 0.416 e. The number of ether oxygens (including phenoxy) is 1. The van der Waals surface area contributed by atoms with Gasteiger partial charge in [-0.25, -0.2) is 22.8 Å². The van der Waals surface area contributed by atoms with Crippen LogP contribution in [0.4, 0.5) is 29.1 Å². The third-order valence-corrected chi connectivity index (χ3v) is 6.92. The van der Waals surface area contributed by atoms with Crippen molar-refractivity contribution < 1.29 is 35.6 Å². The van der Waals surface area contributed by atoms with Crippen LogP contribution in [0.15, 0.2) is 23.1 Å². The molecule has 1 saturated heterocycles. The van der Waals surface area contributed by atoms with E-state index in [2.05, 4.69) is 14.7 Å².